The predicted octanol–water partition coefficient (Wildman–Crippen LogP) is 2.24. The maximum atomic E-state index is 11.8. The second kappa shape index (κ2) is 7.19. The minimum atomic E-state index is -4.47. The molecule has 2 N–H and O–H groups in total. The maximum absolute atomic E-state index is 11.8. The Morgan fingerprint density at radius 2 is 0.957 bits per heavy atom. The number of hydrogen-bond acceptors (Lipinski definition) is 4. The molecule has 2 unspecified atom stereocenters. The van der Waals surface area contributed by atoms with Crippen LogP contribution in [0.3, 0.4) is 0 Å². The molecule has 0 bridgehead atoms. The summed E-state index contributed by atoms with van der Waals surface area (Å²) < 4.78 is 63.5. The van der Waals surface area contributed by atoms with Crippen molar-refractivity contribution in [3.63, 3.8) is 0 Å². The van der Waals surface area contributed by atoms with Gasteiger partial charge in [0.15, 0.2) is 0 Å². The molecule has 0 spiro atoms. The van der Waals surface area contributed by atoms with Crippen molar-refractivity contribution in [2.75, 3.05) is 0 Å². The van der Waals surface area contributed by atoms with Gasteiger partial charge in [0, 0.05) is 0 Å². The van der Waals surface area contributed by atoms with Crippen LogP contribution < -0.4 is 0 Å². The number of benzene rings is 2. The summed E-state index contributed by atoms with van der Waals surface area (Å²) >= 11 is -2.58. The first-order valence-corrected chi connectivity index (χ1v) is 13.2. The van der Waals surface area contributed by atoms with Gasteiger partial charge in [-0.2, -0.15) is 0 Å². The first kappa shape index (κ1) is 18.2. The molecule has 0 fully saturated rings. The molecule has 0 aliphatic heterocycles. The van der Waals surface area contributed by atoms with Crippen LogP contribution in [0.15, 0.2) is 60.7 Å². The van der Waals surface area contributed by atoms with E-state index < -0.39 is 45.1 Å². The van der Waals surface area contributed by atoms with Gasteiger partial charge in [0.2, 0.25) is 0 Å². The van der Waals surface area contributed by atoms with Gasteiger partial charge in [-0.05, 0) is 0 Å². The summed E-state index contributed by atoms with van der Waals surface area (Å²) in [7, 11) is -8.95. The van der Waals surface area contributed by atoms with Crippen molar-refractivity contribution in [1.82, 2.24) is 0 Å². The molecule has 0 saturated heterocycles. The monoisotopic (exact) mass is 406 g/mol. The molecule has 0 saturated carbocycles. The van der Waals surface area contributed by atoms with E-state index in [-0.39, 0.29) is 0 Å². The van der Waals surface area contributed by atoms with Gasteiger partial charge in [-0.3, -0.25) is 0 Å². The van der Waals surface area contributed by atoms with E-state index in [1.54, 1.807) is 36.4 Å². The van der Waals surface area contributed by atoms with E-state index in [9.17, 15) is 25.9 Å². The molecule has 2 aromatic rings. The Labute approximate surface area is 142 Å². The van der Waals surface area contributed by atoms with Crippen molar-refractivity contribution >= 4 is 20.2 Å². The van der Waals surface area contributed by atoms with E-state index in [4.69, 9.17) is 0 Å². The first-order chi connectivity index (χ1) is 10.7. The van der Waals surface area contributed by atoms with E-state index in [1.165, 1.54) is 24.3 Å². The fourth-order valence-electron chi connectivity index (χ4n) is 2.39. The second-order valence-corrected chi connectivity index (χ2v) is 15.2. The number of rotatable bonds is 6. The summed E-state index contributed by atoms with van der Waals surface area (Å²) in [6, 6.07) is 15.9. The normalized spacial score (nSPS) is 14.7. The molecular formula is C14H14O6S2Zn. The quantitative estimate of drug-likeness (QED) is 0.561. The van der Waals surface area contributed by atoms with Gasteiger partial charge in [0.05, 0.1) is 0 Å². The van der Waals surface area contributed by atoms with Crippen molar-refractivity contribution in [1.29, 1.82) is 0 Å². The van der Waals surface area contributed by atoms with Crippen LogP contribution in [0.4, 0.5) is 0 Å². The van der Waals surface area contributed by atoms with Gasteiger partial charge in [0.1, 0.15) is 0 Å². The summed E-state index contributed by atoms with van der Waals surface area (Å²) in [4.78, 5) is 0. The van der Waals surface area contributed by atoms with Crippen LogP contribution in [0.1, 0.15) is 18.8 Å². The summed E-state index contributed by atoms with van der Waals surface area (Å²) in [5.41, 5.74) is 0.666. The molecule has 2 atom stereocenters. The zero-order valence-corrected chi connectivity index (χ0v) is 16.6. The Bertz CT molecular complexity index is 777. The van der Waals surface area contributed by atoms with Gasteiger partial charge in [-0.1, -0.05) is 0 Å². The fourth-order valence-corrected chi connectivity index (χ4v) is 12.7. The molecule has 120 valence electrons. The molecule has 0 radical (unpaired) electrons. The van der Waals surface area contributed by atoms with Crippen molar-refractivity contribution in [3.05, 3.63) is 71.8 Å². The van der Waals surface area contributed by atoms with E-state index in [0.29, 0.717) is 11.1 Å². The topological polar surface area (TPSA) is 109 Å². The molecule has 0 amide bonds. The Morgan fingerprint density at radius 3 is 1.22 bits per heavy atom. The zero-order valence-electron chi connectivity index (χ0n) is 12.0. The average molecular weight is 408 g/mol. The Balaban J connectivity index is 2.48. The summed E-state index contributed by atoms with van der Waals surface area (Å²) in [5, 5.41) is 0. The first-order valence-electron chi connectivity index (χ1n) is 6.72. The molecule has 2 aromatic carbocycles. The van der Waals surface area contributed by atoms with Gasteiger partial charge in [0.25, 0.3) is 0 Å². The van der Waals surface area contributed by atoms with E-state index >= 15 is 0 Å². The van der Waals surface area contributed by atoms with Crippen LogP contribution in [0, 0.1) is 0 Å². The molecule has 0 heterocycles. The van der Waals surface area contributed by atoms with Crippen LogP contribution in [-0.4, -0.2) is 25.9 Å². The molecule has 2 rings (SSSR count). The zero-order chi connectivity index (χ0) is 17.1. The van der Waals surface area contributed by atoms with Crippen molar-refractivity contribution in [3.8, 4) is 0 Å². The standard InChI is InChI=1S/2C7H7O3S.Zn/c2*8-11(9,10)6-7-4-2-1-3-5-7;/h2*1-6H,(H,8,9,10);. The Kier molecular flexibility index (Phi) is 5.70. The van der Waals surface area contributed by atoms with Gasteiger partial charge < -0.3 is 0 Å². The molecular weight excluding hydrogens is 394 g/mol. The van der Waals surface area contributed by atoms with Gasteiger partial charge >= 0.3 is 143 Å². The SMILES string of the molecule is O=S(=O)(O)[CH]([Zn][CH](c1ccccc1)S(=O)(=O)O)c1ccccc1. The van der Waals surface area contributed by atoms with Crippen molar-refractivity contribution in [2.24, 2.45) is 0 Å². The molecule has 23 heavy (non-hydrogen) atoms. The third-order valence-corrected chi connectivity index (χ3v) is 16.5. The van der Waals surface area contributed by atoms with Crippen LogP contribution in [0.5, 0.6) is 0 Å². The fraction of sp³-hybridized carbons (Fsp3) is 0.143. The minimum absolute atomic E-state index is 0.333. The molecule has 9 heteroatoms. The molecule has 6 nitrogen and oxygen atoms in total. The van der Waals surface area contributed by atoms with E-state index in [1.807, 2.05) is 0 Å². The molecule has 0 aliphatic carbocycles. The summed E-state index contributed by atoms with van der Waals surface area (Å²) in [5.74, 6) is 0. The van der Waals surface area contributed by atoms with Crippen LogP contribution >= 0.6 is 0 Å². The second-order valence-electron chi connectivity index (χ2n) is 5.06. The van der Waals surface area contributed by atoms with Crippen LogP contribution in [0.25, 0.3) is 0 Å². The van der Waals surface area contributed by atoms with E-state index in [2.05, 4.69) is 0 Å². The molecule has 0 aromatic heterocycles. The Morgan fingerprint density at radius 1 is 0.652 bits per heavy atom. The van der Waals surface area contributed by atoms with Crippen LogP contribution in [0.2, 0.25) is 0 Å². The van der Waals surface area contributed by atoms with Crippen LogP contribution in [-0.2, 0) is 37.4 Å². The van der Waals surface area contributed by atoms with Gasteiger partial charge in [-0.15, -0.1) is 0 Å². The predicted molar refractivity (Wildman–Crippen MR) is 81.5 cm³/mol. The van der Waals surface area contributed by atoms with Gasteiger partial charge in [-0.25, -0.2) is 0 Å². The summed E-state index contributed by atoms with van der Waals surface area (Å²) in [6.07, 6.45) is 0. The number of hydrogen-bond donors (Lipinski definition) is 2. The third kappa shape index (κ3) is 4.93. The van der Waals surface area contributed by atoms with Crippen molar-refractivity contribution < 1.29 is 43.1 Å². The van der Waals surface area contributed by atoms with E-state index in [0.717, 1.165) is 0 Å². The third-order valence-electron chi connectivity index (χ3n) is 3.49. The Hall–Kier alpha value is -1.12. The summed E-state index contributed by atoms with van der Waals surface area (Å²) in [6.45, 7) is 0. The molecule has 0 aliphatic rings. The average Bonchev–Trinajstić information content (AvgIpc) is 2.47. The van der Waals surface area contributed by atoms with Crippen molar-refractivity contribution in [2.45, 2.75) is 7.69 Å².